The molecule has 2 aliphatic rings. The van der Waals surface area contributed by atoms with Gasteiger partial charge in [0, 0.05) is 12.5 Å². The molecular formula is C12H24N2O2. The van der Waals surface area contributed by atoms with Crippen molar-refractivity contribution >= 4 is 0 Å². The fraction of sp³-hybridized carbons (Fsp3) is 1.00. The molecule has 2 fully saturated rings. The third kappa shape index (κ3) is 3.17. The number of aliphatic hydroxyl groups is 1. The molecule has 2 atom stereocenters. The molecule has 0 bridgehead atoms. The summed E-state index contributed by atoms with van der Waals surface area (Å²) in [5.41, 5.74) is 0. The van der Waals surface area contributed by atoms with Crippen LogP contribution in [0, 0.1) is 5.92 Å². The maximum absolute atomic E-state index is 10.4. The number of rotatable bonds is 3. The highest BCUT2D eigenvalue weighted by Crippen LogP contribution is 2.28. The number of hydrogen-bond acceptors (Lipinski definition) is 4. The molecule has 3 N–H and O–H groups in total. The van der Waals surface area contributed by atoms with E-state index in [1.807, 2.05) is 6.92 Å². The smallest absolute Gasteiger partial charge is 0.166 e. The van der Waals surface area contributed by atoms with Gasteiger partial charge in [-0.25, -0.2) is 0 Å². The van der Waals surface area contributed by atoms with Crippen LogP contribution in [0.1, 0.15) is 32.6 Å². The second-order valence-corrected chi connectivity index (χ2v) is 5.17. The molecule has 0 radical (unpaired) electrons. The normalized spacial score (nSPS) is 32.2. The number of hydrogen-bond donors (Lipinski definition) is 3. The maximum Gasteiger partial charge on any atom is 0.166 e. The van der Waals surface area contributed by atoms with Crippen LogP contribution in [0.25, 0.3) is 0 Å². The van der Waals surface area contributed by atoms with Crippen molar-refractivity contribution in [2.24, 2.45) is 5.92 Å². The fourth-order valence-electron chi connectivity index (χ4n) is 2.66. The van der Waals surface area contributed by atoms with Gasteiger partial charge in [-0.3, -0.25) is 0 Å². The number of piperidine rings is 2. The van der Waals surface area contributed by atoms with Gasteiger partial charge >= 0.3 is 0 Å². The molecule has 2 unspecified atom stereocenters. The molecule has 0 aromatic rings. The highest BCUT2D eigenvalue weighted by molar-refractivity contribution is 4.81. The van der Waals surface area contributed by atoms with E-state index in [1.54, 1.807) is 0 Å². The molecule has 2 heterocycles. The molecule has 0 amide bonds. The van der Waals surface area contributed by atoms with Crippen molar-refractivity contribution < 1.29 is 9.84 Å². The Labute approximate surface area is 97.7 Å². The first-order valence-corrected chi connectivity index (χ1v) is 6.50. The predicted octanol–water partition coefficient (Wildman–Crippen LogP) is 0.463. The molecular weight excluding hydrogens is 204 g/mol. The molecule has 2 saturated heterocycles. The molecule has 94 valence electrons. The minimum absolute atomic E-state index is 0.221. The Morgan fingerprint density at radius 3 is 2.50 bits per heavy atom. The predicted molar refractivity (Wildman–Crippen MR) is 63.2 cm³/mol. The van der Waals surface area contributed by atoms with Crippen LogP contribution in [-0.2, 0) is 4.74 Å². The van der Waals surface area contributed by atoms with Crippen LogP contribution in [-0.4, -0.2) is 43.2 Å². The van der Waals surface area contributed by atoms with Crippen LogP contribution < -0.4 is 10.6 Å². The second-order valence-electron chi connectivity index (χ2n) is 5.17. The second kappa shape index (κ2) is 5.45. The third-order valence-electron chi connectivity index (χ3n) is 3.75. The van der Waals surface area contributed by atoms with E-state index in [2.05, 4.69) is 10.6 Å². The Balaban J connectivity index is 1.84. The summed E-state index contributed by atoms with van der Waals surface area (Å²) in [7, 11) is 0. The molecule has 2 rings (SSSR count). The van der Waals surface area contributed by atoms with Gasteiger partial charge in [-0.1, -0.05) is 0 Å². The van der Waals surface area contributed by atoms with Gasteiger partial charge in [0.1, 0.15) is 0 Å². The van der Waals surface area contributed by atoms with E-state index in [4.69, 9.17) is 4.74 Å². The third-order valence-corrected chi connectivity index (χ3v) is 3.75. The summed E-state index contributed by atoms with van der Waals surface area (Å²) in [6.07, 6.45) is 4.44. The zero-order chi connectivity index (χ0) is 11.4. The van der Waals surface area contributed by atoms with Crippen molar-refractivity contribution in [1.82, 2.24) is 10.6 Å². The molecule has 0 aromatic carbocycles. The van der Waals surface area contributed by atoms with Crippen molar-refractivity contribution in [1.29, 1.82) is 0 Å². The molecule has 4 heteroatoms. The Morgan fingerprint density at radius 2 is 1.88 bits per heavy atom. The fourth-order valence-corrected chi connectivity index (χ4v) is 2.66. The van der Waals surface area contributed by atoms with E-state index in [0.29, 0.717) is 0 Å². The van der Waals surface area contributed by atoms with Crippen LogP contribution in [0.5, 0.6) is 0 Å². The van der Waals surface area contributed by atoms with Crippen LogP contribution in [0.4, 0.5) is 0 Å². The van der Waals surface area contributed by atoms with Gasteiger partial charge in [0.2, 0.25) is 0 Å². The van der Waals surface area contributed by atoms with E-state index in [0.717, 1.165) is 51.9 Å². The molecule has 2 aliphatic heterocycles. The van der Waals surface area contributed by atoms with Gasteiger partial charge in [-0.15, -0.1) is 0 Å². The van der Waals surface area contributed by atoms with Gasteiger partial charge in [-0.05, 0) is 52.2 Å². The molecule has 4 nitrogen and oxygen atoms in total. The van der Waals surface area contributed by atoms with Gasteiger partial charge in [-0.2, -0.15) is 0 Å². The first kappa shape index (κ1) is 12.3. The quantitative estimate of drug-likeness (QED) is 0.614. The monoisotopic (exact) mass is 228 g/mol. The molecule has 0 aliphatic carbocycles. The van der Waals surface area contributed by atoms with Gasteiger partial charge in [0.15, 0.2) is 5.79 Å². The van der Waals surface area contributed by atoms with E-state index >= 15 is 0 Å². The average Bonchev–Trinajstić information content (AvgIpc) is 2.31. The van der Waals surface area contributed by atoms with E-state index in [1.165, 1.54) is 0 Å². The lowest BCUT2D eigenvalue weighted by Gasteiger charge is -2.39. The Hall–Kier alpha value is -0.160. The maximum atomic E-state index is 10.4. The van der Waals surface area contributed by atoms with Crippen molar-refractivity contribution in [3.05, 3.63) is 0 Å². The van der Waals surface area contributed by atoms with Gasteiger partial charge in [0.05, 0.1) is 6.10 Å². The van der Waals surface area contributed by atoms with Crippen molar-refractivity contribution in [2.45, 2.75) is 44.5 Å². The van der Waals surface area contributed by atoms with E-state index < -0.39 is 5.79 Å². The topological polar surface area (TPSA) is 53.5 Å². The Morgan fingerprint density at radius 1 is 1.12 bits per heavy atom. The van der Waals surface area contributed by atoms with Crippen LogP contribution >= 0.6 is 0 Å². The number of nitrogens with one attached hydrogen (secondary N) is 2. The molecule has 16 heavy (non-hydrogen) atoms. The minimum Gasteiger partial charge on any atom is -0.365 e. The minimum atomic E-state index is -0.963. The summed E-state index contributed by atoms with van der Waals surface area (Å²) in [6.45, 7) is 5.78. The summed E-state index contributed by atoms with van der Waals surface area (Å²) in [5, 5.41) is 17.0. The highest BCUT2D eigenvalue weighted by atomic mass is 16.6. The zero-order valence-electron chi connectivity index (χ0n) is 10.2. The van der Waals surface area contributed by atoms with E-state index in [-0.39, 0.29) is 12.0 Å². The van der Waals surface area contributed by atoms with Crippen LogP contribution in [0.15, 0.2) is 0 Å². The molecule has 0 saturated carbocycles. The van der Waals surface area contributed by atoms with Crippen molar-refractivity contribution in [2.75, 3.05) is 26.2 Å². The van der Waals surface area contributed by atoms with Crippen LogP contribution in [0.3, 0.4) is 0 Å². The summed E-state index contributed by atoms with van der Waals surface area (Å²) >= 11 is 0. The summed E-state index contributed by atoms with van der Waals surface area (Å²) in [6, 6.07) is 0. The average molecular weight is 228 g/mol. The largest absolute Gasteiger partial charge is 0.365 e. The highest BCUT2D eigenvalue weighted by Gasteiger charge is 2.36. The zero-order valence-corrected chi connectivity index (χ0v) is 10.2. The lowest BCUT2D eigenvalue weighted by Crippen LogP contribution is -2.49. The molecule has 0 aromatic heterocycles. The summed E-state index contributed by atoms with van der Waals surface area (Å²) < 4.78 is 5.89. The van der Waals surface area contributed by atoms with E-state index in [9.17, 15) is 5.11 Å². The summed E-state index contributed by atoms with van der Waals surface area (Å²) in [4.78, 5) is 0. The molecule has 0 spiro atoms. The summed E-state index contributed by atoms with van der Waals surface area (Å²) in [5.74, 6) is -0.730. The number of ether oxygens (including phenoxy) is 1. The SMILES string of the molecule is CC(O)(OC1CCNCC1)C1CCCNC1. The van der Waals surface area contributed by atoms with Crippen LogP contribution in [0.2, 0.25) is 0 Å². The lowest BCUT2D eigenvalue weighted by atomic mass is 9.91. The Bertz CT molecular complexity index is 209. The Kier molecular flexibility index (Phi) is 4.19. The van der Waals surface area contributed by atoms with Crippen molar-refractivity contribution in [3.8, 4) is 0 Å². The lowest BCUT2D eigenvalue weighted by molar-refractivity contribution is -0.253. The van der Waals surface area contributed by atoms with Crippen molar-refractivity contribution in [3.63, 3.8) is 0 Å². The first-order valence-electron chi connectivity index (χ1n) is 6.50. The van der Waals surface area contributed by atoms with Gasteiger partial charge in [0.25, 0.3) is 0 Å². The van der Waals surface area contributed by atoms with Gasteiger partial charge < -0.3 is 20.5 Å². The first-order chi connectivity index (χ1) is 7.68. The standard InChI is InChI=1S/C12H24N2O2/c1-12(15,10-3-2-6-14-9-10)16-11-4-7-13-8-5-11/h10-11,13-15H,2-9H2,1H3.